The summed E-state index contributed by atoms with van der Waals surface area (Å²) in [6, 6.07) is 0.610. The zero-order valence-corrected chi connectivity index (χ0v) is 13.1. The second kappa shape index (κ2) is 6.50. The first-order valence-electron chi connectivity index (χ1n) is 8.20. The first-order valence-corrected chi connectivity index (χ1v) is 8.20. The lowest BCUT2D eigenvalue weighted by Gasteiger charge is -2.37. The van der Waals surface area contributed by atoms with E-state index >= 15 is 0 Å². The van der Waals surface area contributed by atoms with E-state index in [0.29, 0.717) is 12.6 Å². The van der Waals surface area contributed by atoms with E-state index < -0.39 is 5.60 Å². The highest BCUT2D eigenvalue weighted by Gasteiger charge is 2.35. The van der Waals surface area contributed by atoms with Gasteiger partial charge >= 0.3 is 0 Å². The quantitative estimate of drug-likeness (QED) is 0.562. The molecule has 0 amide bonds. The van der Waals surface area contributed by atoms with Crippen LogP contribution < -0.4 is 5.32 Å². The SMILES string of the molecule is CN=C(NCC1(O)CCC1)N1CCC(N2CCOCC2)C1. The van der Waals surface area contributed by atoms with Crippen molar-refractivity contribution in [1.29, 1.82) is 0 Å². The van der Waals surface area contributed by atoms with E-state index in [1.807, 2.05) is 7.05 Å². The molecule has 3 aliphatic rings. The molecule has 0 bridgehead atoms. The van der Waals surface area contributed by atoms with Crippen LogP contribution >= 0.6 is 0 Å². The maximum absolute atomic E-state index is 10.2. The van der Waals surface area contributed by atoms with E-state index in [4.69, 9.17) is 4.74 Å². The van der Waals surface area contributed by atoms with Gasteiger partial charge in [-0.05, 0) is 25.7 Å². The molecule has 0 aromatic rings. The third-order valence-corrected chi connectivity index (χ3v) is 5.10. The second-order valence-electron chi connectivity index (χ2n) is 6.52. The van der Waals surface area contributed by atoms with Crippen molar-refractivity contribution >= 4 is 5.96 Å². The van der Waals surface area contributed by atoms with Gasteiger partial charge in [0.25, 0.3) is 0 Å². The lowest BCUT2D eigenvalue weighted by atomic mass is 9.80. The fourth-order valence-corrected chi connectivity index (χ4v) is 3.51. The van der Waals surface area contributed by atoms with Crippen molar-refractivity contribution < 1.29 is 9.84 Å². The predicted molar refractivity (Wildman–Crippen MR) is 82.5 cm³/mol. The smallest absolute Gasteiger partial charge is 0.193 e. The number of nitrogens with zero attached hydrogens (tertiary/aromatic N) is 3. The lowest BCUT2D eigenvalue weighted by Crippen LogP contribution is -2.52. The molecule has 0 aromatic heterocycles. The number of hydrogen-bond donors (Lipinski definition) is 2. The van der Waals surface area contributed by atoms with Crippen LogP contribution in [-0.4, -0.2) is 85.5 Å². The third-order valence-electron chi connectivity index (χ3n) is 5.10. The molecule has 0 aromatic carbocycles. The van der Waals surface area contributed by atoms with Crippen molar-refractivity contribution in [3.8, 4) is 0 Å². The second-order valence-corrected chi connectivity index (χ2v) is 6.52. The summed E-state index contributed by atoms with van der Waals surface area (Å²) >= 11 is 0. The fourth-order valence-electron chi connectivity index (χ4n) is 3.51. The Bertz CT molecular complexity index is 378. The maximum Gasteiger partial charge on any atom is 0.193 e. The van der Waals surface area contributed by atoms with Crippen LogP contribution in [0.1, 0.15) is 25.7 Å². The van der Waals surface area contributed by atoms with Crippen LogP contribution in [0.25, 0.3) is 0 Å². The predicted octanol–water partition coefficient (Wildman–Crippen LogP) is -0.117. The summed E-state index contributed by atoms with van der Waals surface area (Å²) in [7, 11) is 1.83. The van der Waals surface area contributed by atoms with Gasteiger partial charge in [0.1, 0.15) is 0 Å². The van der Waals surface area contributed by atoms with Crippen molar-refractivity contribution in [2.45, 2.75) is 37.3 Å². The van der Waals surface area contributed by atoms with E-state index in [1.54, 1.807) is 0 Å². The van der Waals surface area contributed by atoms with Crippen LogP contribution in [-0.2, 0) is 4.74 Å². The summed E-state index contributed by atoms with van der Waals surface area (Å²) in [6.07, 6.45) is 4.14. The Morgan fingerprint density at radius 3 is 2.71 bits per heavy atom. The van der Waals surface area contributed by atoms with Gasteiger partial charge < -0.3 is 20.1 Å². The molecule has 0 spiro atoms. The van der Waals surface area contributed by atoms with Gasteiger partial charge in [-0.1, -0.05) is 0 Å². The number of morpholine rings is 1. The number of aliphatic imine (C=N–C) groups is 1. The van der Waals surface area contributed by atoms with Crippen molar-refractivity contribution in [2.24, 2.45) is 4.99 Å². The standard InChI is InChI=1S/C15H28N4O2/c1-16-14(17-12-15(20)4-2-5-15)19-6-3-13(11-19)18-7-9-21-10-8-18/h13,20H,2-12H2,1H3,(H,16,17). The highest BCUT2D eigenvalue weighted by molar-refractivity contribution is 5.80. The molecule has 6 nitrogen and oxygen atoms in total. The van der Waals surface area contributed by atoms with Crippen LogP contribution in [0.5, 0.6) is 0 Å². The Labute approximate surface area is 127 Å². The zero-order valence-electron chi connectivity index (χ0n) is 13.1. The topological polar surface area (TPSA) is 60.3 Å². The van der Waals surface area contributed by atoms with E-state index in [0.717, 1.165) is 64.6 Å². The van der Waals surface area contributed by atoms with Crippen LogP contribution in [0.2, 0.25) is 0 Å². The summed E-state index contributed by atoms with van der Waals surface area (Å²) < 4.78 is 5.43. The molecular weight excluding hydrogens is 268 g/mol. The number of likely N-dealkylation sites (tertiary alicyclic amines) is 1. The number of nitrogens with one attached hydrogen (secondary N) is 1. The minimum Gasteiger partial charge on any atom is -0.388 e. The molecule has 2 saturated heterocycles. The Kier molecular flexibility index (Phi) is 4.66. The van der Waals surface area contributed by atoms with Crippen LogP contribution in [0, 0.1) is 0 Å². The minimum absolute atomic E-state index is 0.501. The van der Waals surface area contributed by atoms with E-state index in [2.05, 4.69) is 20.1 Å². The molecule has 3 fully saturated rings. The van der Waals surface area contributed by atoms with Gasteiger partial charge in [0.15, 0.2) is 5.96 Å². The lowest BCUT2D eigenvalue weighted by molar-refractivity contribution is -0.0282. The highest BCUT2D eigenvalue weighted by Crippen LogP contribution is 2.30. The Hall–Kier alpha value is -0.850. The summed E-state index contributed by atoms with van der Waals surface area (Å²) in [6.45, 7) is 6.50. The first kappa shape index (κ1) is 15.1. The van der Waals surface area contributed by atoms with Gasteiger partial charge in [0.2, 0.25) is 0 Å². The summed E-state index contributed by atoms with van der Waals surface area (Å²) in [5.74, 6) is 0.936. The fraction of sp³-hybridized carbons (Fsp3) is 0.933. The monoisotopic (exact) mass is 296 g/mol. The molecule has 3 rings (SSSR count). The van der Waals surface area contributed by atoms with Gasteiger partial charge in [-0.25, -0.2) is 0 Å². The Balaban J connectivity index is 1.48. The molecule has 1 atom stereocenters. The molecule has 1 aliphatic carbocycles. The van der Waals surface area contributed by atoms with E-state index in [9.17, 15) is 5.11 Å². The number of aliphatic hydroxyl groups is 1. The molecule has 120 valence electrons. The molecule has 2 heterocycles. The molecule has 6 heteroatoms. The number of guanidine groups is 1. The average molecular weight is 296 g/mol. The van der Waals surface area contributed by atoms with Gasteiger partial charge in [-0.2, -0.15) is 0 Å². The van der Waals surface area contributed by atoms with Crippen molar-refractivity contribution in [2.75, 3.05) is 53.0 Å². The van der Waals surface area contributed by atoms with Crippen LogP contribution in [0.4, 0.5) is 0 Å². The van der Waals surface area contributed by atoms with Gasteiger partial charge in [0, 0.05) is 45.8 Å². The summed E-state index contributed by atoms with van der Waals surface area (Å²) in [4.78, 5) is 9.25. The van der Waals surface area contributed by atoms with Gasteiger partial charge in [-0.3, -0.25) is 9.89 Å². The molecule has 2 aliphatic heterocycles. The van der Waals surface area contributed by atoms with Crippen LogP contribution in [0.3, 0.4) is 0 Å². The maximum atomic E-state index is 10.2. The molecule has 1 unspecified atom stereocenters. The first-order chi connectivity index (χ1) is 10.2. The highest BCUT2D eigenvalue weighted by atomic mass is 16.5. The molecule has 0 radical (unpaired) electrons. The molecule has 1 saturated carbocycles. The van der Waals surface area contributed by atoms with E-state index in [-0.39, 0.29) is 0 Å². The minimum atomic E-state index is -0.501. The molecule has 21 heavy (non-hydrogen) atoms. The Morgan fingerprint density at radius 2 is 2.10 bits per heavy atom. The molecular formula is C15H28N4O2. The average Bonchev–Trinajstić information content (AvgIpc) is 2.97. The Morgan fingerprint density at radius 1 is 1.33 bits per heavy atom. The largest absolute Gasteiger partial charge is 0.388 e. The number of ether oxygens (including phenoxy) is 1. The van der Waals surface area contributed by atoms with E-state index in [1.165, 1.54) is 6.42 Å². The van der Waals surface area contributed by atoms with Crippen molar-refractivity contribution in [3.63, 3.8) is 0 Å². The van der Waals surface area contributed by atoms with Crippen molar-refractivity contribution in [1.82, 2.24) is 15.1 Å². The normalized spacial score (nSPS) is 30.3. The van der Waals surface area contributed by atoms with Gasteiger partial charge in [0.05, 0.1) is 18.8 Å². The summed E-state index contributed by atoms with van der Waals surface area (Å²) in [5.41, 5.74) is -0.501. The number of hydrogen-bond acceptors (Lipinski definition) is 4. The third kappa shape index (κ3) is 3.49. The summed E-state index contributed by atoms with van der Waals surface area (Å²) in [5, 5.41) is 13.6. The van der Waals surface area contributed by atoms with Crippen molar-refractivity contribution in [3.05, 3.63) is 0 Å². The van der Waals surface area contributed by atoms with Crippen LogP contribution in [0.15, 0.2) is 4.99 Å². The van der Waals surface area contributed by atoms with Gasteiger partial charge in [-0.15, -0.1) is 0 Å². The zero-order chi connectivity index (χ0) is 14.7. The number of rotatable bonds is 3. The molecule has 2 N–H and O–H groups in total.